The summed E-state index contributed by atoms with van der Waals surface area (Å²) in [7, 11) is 0. The Bertz CT molecular complexity index is 2150. The third-order valence-corrected chi connectivity index (χ3v) is 11.1. The minimum absolute atomic E-state index is 0.0706. The topological polar surface area (TPSA) is 34.1 Å². The number of hydrogen-bond acceptors (Lipinski definition) is 2. The van der Waals surface area contributed by atoms with E-state index in [2.05, 4.69) is 121 Å². The summed E-state index contributed by atoms with van der Waals surface area (Å²) in [5, 5.41) is 4.66. The van der Waals surface area contributed by atoms with E-state index in [1.54, 1.807) is 0 Å². The zero-order valence-electron chi connectivity index (χ0n) is 23.7. The van der Waals surface area contributed by atoms with Crippen LogP contribution in [0.1, 0.15) is 68.2 Å². The maximum Gasteiger partial charge on any atom is 0.187 e. The Morgan fingerprint density at radius 3 is 0.795 bits per heavy atom. The van der Waals surface area contributed by atoms with Crippen molar-refractivity contribution in [3.63, 3.8) is 0 Å². The molecule has 0 unspecified atom stereocenters. The first kappa shape index (κ1) is 23.2. The Hall–Kier alpha value is -5.34. The largest absolute Gasteiger partial charge is 0.289 e. The third kappa shape index (κ3) is 2.57. The van der Waals surface area contributed by atoms with Crippen LogP contribution in [0.15, 0.2) is 144 Å². The van der Waals surface area contributed by atoms with Crippen LogP contribution < -0.4 is 0 Å². The van der Waals surface area contributed by atoms with Gasteiger partial charge in [-0.15, -0.1) is 0 Å². The third-order valence-electron chi connectivity index (χ3n) is 11.1. The van der Waals surface area contributed by atoms with Gasteiger partial charge in [-0.05, 0) is 90.3 Å². The molecule has 0 radical (unpaired) electrons. The van der Waals surface area contributed by atoms with Crippen LogP contribution in [-0.4, -0.2) is 11.6 Å². The van der Waals surface area contributed by atoms with Gasteiger partial charge in [0.15, 0.2) is 11.6 Å². The molecular formula is C42H24O2. The average molecular weight is 561 g/mol. The number of ketones is 2. The molecule has 0 amide bonds. The standard InChI is InChI=1S/C42H24O2/c43-41-37-33-25-13-5-7-15-27(25)34(28-16-8-6-14-26(28)33)38(37)42(44)40-36-30-18-22-10-2-1-9-21(22)17-29(30)35(39(40)41)31-19-23-11-3-4-12-24(23)20-32(31)36/h1-20,33-36H. The molecule has 7 aliphatic carbocycles. The summed E-state index contributed by atoms with van der Waals surface area (Å²) in [5.41, 5.74) is 12.2. The average Bonchev–Trinajstić information content (AvgIpc) is 3.08. The quantitative estimate of drug-likeness (QED) is 0.174. The fraction of sp³-hybridized carbons (Fsp3) is 0.0952. The van der Waals surface area contributed by atoms with Crippen molar-refractivity contribution in [2.45, 2.75) is 23.7 Å². The highest BCUT2D eigenvalue weighted by Gasteiger charge is 2.56. The normalized spacial score (nSPS) is 23.4. The number of hydrogen-bond donors (Lipinski definition) is 0. The van der Waals surface area contributed by atoms with Crippen molar-refractivity contribution >= 4 is 33.1 Å². The van der Waals surface area contributed by atoms with Gasteiger partial charge in [-0.3, -0.25) is 9.59 Å². The van der Waals surface area contributed by atoms with Crippen molar-refractivity contribution in [3.8, 4) is 0 Å². The van der Waals surface area contributed by atoms with Crippen LogP contribution in [0, 0.1) is 0 Å². The molecule has 204 valence electrons. The van der Waals surface area contributed by atoms with Gasteiger partial charge in [0.25, 0.3) is 0 Å². The molecule has 0 fully saturated rings. The molecule has 0 N–H and O–H groups in total. The molecule has 0 aliphatic heterocycles. The lowest BCUT2D eigenvalue weighted by atomic mass is 9.51. The maximum absolute atomic E-state index is 15.2. The maximum atomic E-state index is 15.2. The van der Waals surface area contributed by atoms with Gasteiger partial charge < -0.3 is 0 Å². The molecule has 0 heterocycles. The van der Waals surface area contributed by atoms with Gasteiger partial charge in [-0.1, -0.05) is 97.1 Å². The van der Waals surface area contributed by atoms with Gasteiger partial charge in [-0.2, -0.15) is 0 Å². The summed E-state index contributed by atoms with van der Waals surface area (Å²) in [6.07, 6.45) is 0. The Kier molecular flexibility index (Phi) is 4.09. The molecule has 7 aliphatic rings. The summed E-state index contributed by atoms with van der Waals surface area (Å²) >= 11 is 0. The first-order valence-electron chi connectivity index (χ1n) is 15.5. The zero-order valence-corrected chi connectivity index (χ0v) is 23.7. The highest BCUT2D eigenvalue weighted by molar-refractivity contribution is 6.30. The molecular weight excluding hydrogens is 536 g/mol. The Balaban J connectivity index is 1.22. The molecule has 0 spiro atoms. The van der Waals surface area contributed by atoms with E-state index in [0.717, 1.165) is 21.5 Å². The van der Waals surface area contributed by atoms with E-state index in [4.69, 9.17) is 0 Å². The summed E-state index contributed by atoms with van der Waals surface area (Å²) in [6, 6.07) is 42.9. The summed E-state index contributed by atoms with van der Waals surface area (Å²) < 4.78 is 0. The Labute approximate surface area is 254 Å². The summed E-state index contributed by atoms with van der Waals surface area (Å²) in [6.45, 7) is 0. The number of carbonyl (C=O) groups excluding carboxylic acids is 2. The highest BCUT2D eigenvalue weighted by Crippen LogP contribution is 2.64. The van der Waals surface area contributed by atoms with E-state index in [-0.39, 0.29) is 35.2 Å². The lowest BCUT2D eigenvalue weighted by Gasteiger charge is -2.49. The van der Waals surface area contributed by atoms with Crippen molar-refractivity contribution in [3.05, 3.63) is 188 Å². The van der Waals surface area contributed by atoms with Crippen molar-refractivity contribution in [1.82, 2.24) is 0 Å². The van der Waals surface area contributed by atoms with Gasteiger partial charge in [0.2, 0.25) is 0 Å². The summed E-state index contributed by atoms with van der Waals surface area (Å²) in [4.78, 5) is 30.4. The van der Waals surface area contributed by atoms with Crippen LogP contribution in [-0.2, 0) is 9.59 Å². The fourth-order valence-corrected chi connectivity index (χ4v) is 9.46. The number of fused-ring (bicyclic) bond motifs is 2. The molecule has 0 aromatic heterocycles. The molecule has 4 bridgehead atoms. The van der Waals surface area contributed by atoms with E-state index < -0.39 is 0 Å². The predicted molar refractivity (Wildman–Crippen MR) is 172 cm³/mol. The number of rotatable bonds is 0. The molecule has 13 rings (SSSR count). The molecule has 6 aromatic carbocycles. The van der Waals surface area contributed by atoms with E-state index in [1.807, 2.05) is 0 Å². The Morgan fingerprint density at radius 1 is 0.295 bits per heavy atom. The SMILES string of the molecule is O=C1C2=C(C(=O)C3=C1C1c4cc5ccccc5cc4C3c3cc4ccccc4cc31)C1c3ccccc3C2c2ccccc21. The van der Waals surface area contributed by atoms with Crippen molar-refractivity contribution in [2.24, 2.45) is 0 Å². The summed E-state index contributed by atoms with van der Waals surface area (Å²) in [5.74, 6) is -0.847. The van der Waals surface area contributed by atoms with Crippen molar-refractivity contribution in [2.75, 3.05) is 0 Å². The molecule has 2 heteroatoms. The van der Waals surface area contributed by atoms with Gasteiger partial charge in [-0.25, -0.2) is 0 Å². The molecule has 0 atom stereocenters. The molecule has 6 aromatic rings. The van der Waals surface area contributed by atoms with E-state index >= 15 is 9.59 Å². The monoisotopic (exact) mass is 560 g/mol. The fourth-order valence-electron chi connectivity index (χ4n) is 9.46. The lowest BCUT2D eigenvalue weighted by Crippen LogP contribution is -2.43. The van der Waals surface area contributed by atoms with Crippen LogP contribution in [0.2, 0.25) is 0 Å². The second-order valence-electron chi connectivity index (χ2n) is 13.0. The van der Waals surface area contributed by atoms with E-state index in [9.17, 15) is 0 Å². The van der Waals surface area contributed by atoms with Crippen LogP contribution >= 0.6 is 0 Å². The second-order valence-corrected chi connectivity index (χ2v) is 13.0. The minimum Gasteiger partial charge on any atom is -0.289 e. The van der Waals surface area contributed by atoms with Crippen molar-refractivity contribution < 1.29 is 9.59 Å². The molecule has 0 saturated carbocycles. The molecule has 2 nitrogen and oxygen atoms in total. The minimum atomic E-state index is -0.273. The van der Waals surface area contributed by atoms with Gasteiger partial charge in [0, 0.05) is 46.0 Å². The Morgan fingerprint density at radius 2 is 0.523 bits per heavy atom. The van der Waals surface area contributed by atoms with Gasteiger partial charge >= 0.3 is 0 Å². The first-order chi connectivity index (χ1) is 21.7. The van der Waals surface area contributed by atoms with Gasteiger partial charge in [0.1, 0.15) is 0 Å². The number of benzene rings is 6. The van der Waals surface area contributed by atoms with E-state index in [0.29, 0.717) is 22.3 Å². The highest BCUT2D eigenvalue weighted by atomic mass is 16.1. The van der Waals surface area contributed by atoms with Crippen LogP contribution in [0.4, 0.5) is 0 Å². The first-order valence-corrected chi connectivity index (χ1v) is 15.5. The van der Waals surface area contributed by atoms with Gasteiger partial charge in [0.05, 0.1) is 0 Å². The zero-order chi connectivity index (χ0) is 28.8. The predicted octanol–water partition coefficient (Wildman–Crippen LogP) is 8.62. The van der Waals surface area contributed by atoms with Crippen LogP contribution in [0.3, 0.4) is 0 Å². The number of Topliss-reactive ketones (excluding diaryl/α,β-unsaturated/α-hetero) is 2. The smallest absolute Gasteiger partial charge is 0.187 e. The number of carbonyl (C=O) groups is 2. The molecule has 0 saturated heterocycles. The van der Waals surface area contributed by atoms with Crippen LogP contribution in [0.25, 0.3) is 21.5 Å². The molecule has 44 heavy (non-hydrogen) atoms. The van der Waals surface area contributed by atoms with Crippen molar-refractivity contribution in [1.29, 1.82) is 0 Å². The second kappa shape index (κ2) is 7.78. The van der Waals surface area contributed by atoms with E-state index in [1.165, 1.54) is 44.5 Å². The number of allylic oxidation sites excluding steroid dienone is 4. The van der Waals surface area contributed by atoms with Crippen LogP contribution in [0.5, 0.6) is 0 Å². The lowest BCUT2D eigenvalue weighted by molar-refractivity contribution is -0.117.